The Hall–Kier alpha value is -1.28. The van der Waals surface area contributed by atoms with Gasteiger partial charge in [-0.05, 0) is 24.3 Å². The monoisotopic (exact) mass is 235 g/mol. The summed E-state index contributed by atoms with van der Waals surface area (Å²) < 4.78 is 5.61. The number of furan rings is 1. The third-order valence-electron chi connectivity index (χ3n) is 2.45. The van der Waals surface area contributed by atoms with Crippen LogP contribution in [-0.2, 0) is 12.8 Å². The fourth-order valence-corrected chi connectivity index (χ4v) is 1.83. The summed E-state index contributed by atoms with van der Waals surface area (Å²) in [4.78, 5) is 4.25. The zero-order valence-electron chi connectivity index (χ0n) is 9.19. The number of hydrogen-bond acceptors (Lipinski definition) is 2. The van der Waals surface area contributed by atoms with E-state index in [1.165, 1.54) is 0 Å². The smallest absolute Gasteiger partial charge is 0.122 e. The quantitative estimate of drug-likeness (QED) is 0.755. The van der Waals surface area contributed by atoms with Gasteiger partial charge >= 0.3 is 0 Å². The number of halogens is 1. The Bertz CT molecular complexity index is 438. The zero-order chi connectivity index (χ0) is 11.4. The third-order valence-corrected chi connectivity index (χ3v) is 2.82. The predicted molar refractivity (Wildman–Crippen MR) is 64.6 cm³/mol. The fraction of sp³-hybridized carbons (Fsp3) is 0.308. The van der Waals surface area contributed by atoms with Gasteiger partial charge in [-0.25, -0.2) is 0 Å². The van der Waals surface area contributed by atoms with Crippen LogP contribution in [0.2, 0.25) is 0 Å². The van der Waals surface area contributed by atoms with E-state index >= 15 is 0 Å². The minimum atomic E-state index is -0.143. The lowest BCUT2D eigenvalue weighted by molar-refractivity contribution is 0.463. The summed E-state index contributed by atoms with van der Waals surface area (Å²) >= 11 is 6.28. The molecule has 3 heteroatoms. The predicted octanol–water partition coefficient (Wildman–Crippen LogP) is 3.76. The topological polar surface area (TPSA) is 26.0 Å². The molecule has 2 aromatic rings. The van der Waals surface area contributed by atoms with Crippen LogP contribution in [-0.4, -0.2) is 4.98 Å². The molecule has 1 unspecified atom stereocenters. The van der Waals surface area contributed by atoms with Crippen molar-refractivity contribution in [1.82, 2.24) is 4.98 Å². The van der Waals surface area contributed by atoms with Crippen molar-refractivity contribution in [1.29, 1.82) is 0 Å². The highest BCUT2D eigenvalue weighted by Crippen LogP contribution is 2.26. The molecule has 0 N–H and O–H groups in total. The Morgan fingerprint density at radius 3 is 2.81 bits per heavy atom. The Kier molecular flexibility index (Phi) is 3.62. The van der Waals surface area contributed by atoms with Gasteiger partial charge < -0.3 is 4.42 Å². The van der Waals surface area contributed by atoms with Crippen LogP contribution >= 0.6 is 11.6 Å². The molecule has 2 nitrogen and oxygen atoms in total. The highest BCUT2D eigenvalue weighted by molar-refractivity contribution is 6.20. The van der Waals surface area contributed by atoms with Gasteiger partial charge in [0.05, 0.1) is 5.38 Å². The molecule has 16 heavy (non-hydrogen) atoms. The van der Waals surface area contributed by atoms with Crippen molar-refractivity contribution in [3.05, 3.63) is 53.7 Å². The molecule has 0 aromatic carbocycles. The number of aryl methyl sites for hydroxylation is 1. The van der Waals surface area contributed by atoms with Gasteiger partial charge in [0.25, 0.3) is 0 Å². The maximum Gasteiger partial charge on any atom is 0.122 e. The van der Waals surface area contributed by atoms with Gasteiger partial charge in [-0.2, -0.15) is 0 Å². The molecule has 0 spiro atoms. The van der Waals surface area contributed by atoms with E-state index in [1.54, 1.807) is 6.20 Å². The lowest BCUT2D eigenvalue weighted by Gasteiger charge is -2.05. The average Bonchev–Trinajstić information content (AvgIpc) is 2.79. The molecule has 1 atom stereocenters. The standard InChI is InChI=1S/C13H14ClNO/c1-2-11-6-7-13(16-11)12(14)9-10-5-3-4-8-15-10/h3-8,12H,2,9H2,1H3. The maximum absolute atomic E-state index is 6.28. The second-order valence-corrected chi connectivity index (χ2v) is 4.18. The molecule has 2 rings (SSSR count). The maximum atomic E-state index is 6.28. The molecule has 0 saturated carbocycles. The van der Waals surface area contributed by atoms with Crippen LogP contribution in [0.3, 0.4) is 0 Å². The number of hydrogen-bond donors (Lipinski definition) is 0. The molecule has 2 heterocycles. The second-order valence-electron chi connectivity index (χ2n) is 3.65. The summed E-state index contributed by atoms with van der Waals surface area (Å²) in [6, 6.07) is 9.75. The van der Waals surface area contributed by atoms with Gasteiger partial charge in [0.1, 0.15) is 11.5 Å². The molecule has 0 bridgehead atoms. The molecule has 0 fully saturated rings. The van der Waals surface area contributed by atoms with Crippen molar-refractivity contribution in [2.24, 2.45) is 0 Å². The number of aromatic nitrogens is 1. The van der Waals surface area contributed by atoms with E-state index in [1.807, 2.05) is 30.3 Å². The third kappa shape index (κ3) is 2.64. The Morgan fingerprint density at radius 2 is 2.19 bits per heavy atom. The molecule has 0 aliphatic rings. The first-order chi connectivity index (χ1) is 7.79. The Labute approximate surface area is 100 Å². The molecule has 0 aliphatic carbocycles. The molecule has 0 saturated heterocycles. The molecule has 0 amide bonds. The normalized spacial score (nSPS) is 12.6. The van der Waals surface area contributed by atoms with Crippen LogP contribution in [0, 0.1) is 0 Å². The van der Waals surface area contributed by atoms with Crippen LogP contribution < -0.4 is 0 Å². The van der Waals surface area contributed by atoms with Crippen LogP contribution in [0.4, 0.5) is 0 Å². The van der Waals surface area contributed by atoms with Crippen molar-refractivity contribution in [3.63, 3.8) is 0 Å². The van der Waals surface area contributed by atoms with Gasteiger partial charge in [0.15, 0.2) is 0 Å². The number of alkyl halides is 1. The highest BCUT2D eigenvalue weighted by Gasteiger charge is 2.13. The van der Waals surface area contributed by atoms with Gasteiger partial charge in [-0.3, -0.25) is 4.98 Å². The first-order valence-electron chi connectivity index (χ1n) is 5.42. The molecule has 0 aliphatic heterocycles. The fourth-order valence-electron chi connectivity index (χ4n) is 1.56. The molecule has 2 aromatic heterocycles. The molecular formula is C13H14ClNO. The van der Waals surface area contributed by atoms with Gasteiger partial charge in [0, 0.05) is 24.7 Å². The number of pyridine rings is 1. The Morgan fingerprint density at radius 1 is 1.31 bits per heavy atom. The van der Waals surface area contributed by atoms with Crippen molar-refractivity contribution in [2.75, 3.05) is 0 Å². The van der Waals surface area contributed by atoms with Crippen LogP contribution in [0.1, 0.15) is 29.5 Å². The van der Waals surface area contributed by atoms with E-state index in [0.717, 1.165) is 23.6 Å². The van der Waals surface area contributed by atoms with E-state index in [-0.39, 0.29) is 5.38 Å². The lowest BCUT2D eigenvalue weighted by Crippen LogP contribution is -1.96. The van der Waals surface area contributed by atoms with Crippen molar-refractivity contribution in [2.45, 2.75) is 25.1 Å². The van der Waals surface area contributed by atoms with Gasteiger partial charge in [-0.15, -0.1) is 11.6 Å². The molecule has 84 valence electrons. The average molecular weight is 236 g/mol. The van der Waals surface area contributed by atoms with Crippen molar-refractivity contribution >= 4 is 11.6 Å². The van der Waals surface area contributed by atoms with Crippen LogP contribution in [0.5, 0.6) is 0 Å². The van der Waals surface area contributed by atoms with Crippen molar-refractivity contribution < 1.29 is 4.42 Å². The summed E-state index contributed by atoms with van der Waals surface area (Å²) in [5.74, 6) is 1.80. The first-order valence-corrected chi connectivity index (χ1v) is 5.86. The second kappa shape index (κ2) is 5.17. The van der Waals surface area contributed by atoms with Crippen molar-refractivity contribution in [3.8, 4) is 0 Å². The minimum Gasteiger partial charge on any atom is -0.465 e. The summed E-state index contributed by atoms with van der Waals surface area (Å²) in [7, 11) is 0. The van der Waals surface area contributed by atoms with Gasteiger partial charge in [-0.1, -0.05) is 13.0 Å². The lowest BCUT2D eigenvalue weighted by atomic mass is 10.2. The molecule has 0 radical (unpaired) electrons. The van der Waals surface area contributed by atoms with E-state index in [2.05, 4.69) is 11.9 Å². The van der Waals surface area contributed by atoms with E-state index < -0.39 is 0 Å². The summed E-state index contributed by atoms with van der Waals surface area (Å²) in [6.07, 6.45) is 3.37. The number of nitrogens with zero attached hydrogens (tertiary/aromatic N) is 1. The summed E-state index contributed by atoms with van der Waals surface area (Å²) in [5.41, 5.74) is 0.983. The molecular weight excluding hydrogens is 222 g/mol. The summed E-state index contributed by atoms with van der Waals surface area (Å²) in [6.45, 7) is 2.06. The summed E-state index contributed by atoms with van der Waals surface area (Å²) in [5, 5.41) is -0.143. The Balaban J connectivity index is 2.05. The number of rotatable bonds is 4. The zero-order valence-corrected chi connectivity index (χ0v) is 9.95. The van der Waals surface area contributed by atoms with E-state index in [0.29, 0.717) is 6.42 Å². The van der Waals surface area contributed by atoms with Gasteiger partial charge in [0.2, 0.25) is 0 Å². The minimum absolute atomic E-state index is 0.143. The van der Waals surface area contributed by atoms with Crippen LogP contribution in [0.15, 0.2) is 40.9 Å². The highest BCUT2D eigenvalue weighted by atomic mass is 35.5. The van der Waals surface area contributed by atoms with Crippen LogP contribution in [0.25, 0.3) is 0 Å². The van der Waals surface area contributed by atoms with E-state index in [4.69, 9.17) is 16.0 Å². The SMILES string of the molecule is CCc1ccc(C(Cl)Cc2ccccn2)o1. The first kappa shape index (κ1) is 11.2. The largest absolute Gasteiger partial charge is 0.465 e. The van der Waals surface area contributed by atoms with E-state index in [9.17, 15) is 0 Å².